The number of amides is 1. The molecule has 0 aromatic heterocycles. The minimum atomic E-state index is -0.0234. The lowest BCUT2D eigenvalue weighted by Gasteiger charge is -2.20. The summed E-state index contributed by atoms with van der Waals surface area (Å²) in [6.07, 6.45) is 0.920. The van der Waals surface area contributed by atoms with Crippen LogP contribution in [0.5, 0.6) is 0 Å². The van der Waals surface area contributed by atoms with Crippen LogP contribution in [0.15, 0.2) is 18.2 Å². The lowest BCUT2D eigenvalue weighted by atomic mass is 10.1. The number of benzene rings is 1. The van der Waals surface area contributed by atoms with E-state index in [0.717, 1.165) is 17.7 Å². The molecule has 0 radical (unpaired) electrons. The van der Waals surface area contributed by atoms with Gasteiger partial charge in [-0.1, -0.05) is 13.0 Å². The number of rotatable bonds is 5. The average molecular weight is 245 g/mol. The van der Waals surface area contributed by atoms with Gasteiger partial charge >= 0.3 is 0 Å². The maximum Gasteiger partial charge on any atom is 0.239 e. The smallest absolute Gasteiger partial charge is 0.239 e. The van der Waals surface area contributed by atoms with Crippen LogP contribution in [-0.4, -0.2) is 26.0 Å². The second kappa shape index (κ2) is 6.65. The molecule has 0 spiro atoms. The molecule has 1 amide bonds. The van der Waals surface area contributed by atoms with Crippen LogP contribution >= 0.6 is 0 Å². The zero-order chi connectivity index (χ0) is 13.5. The van der Waals surface area contributed by atoms with Gasteiger partial charge in [-0.3, -0.25) is 4.79 Å². The summed E-state index contributed by atoms with van der Waals surface area (Å²) in [5.41, 5.74) is 2.46. The van der Waals surface area contributed by atoms with E-state index in [1.54, 1.807) is 11.0 Å². The second-order valence-electron chi connectivity index (χ2n) is 4.34. The Balaban J connectivity index is 2.78. The number of carbonyl (C=O) groups excluding carboxylic acids is 1. The predicted molar refractivity (Wildman–Crippen MR) is 72.5 cm³/mol. The lowest BCUT2D eigenvalue weighted by Crippen LogP contribution is -2.35. The highest BCUT2D eigenvalue weighted by molar-refractivity contribution is 5.81. The van der Waals surface area contributed by atoms with E-state index in [1.807, 2.05) is 33.0 Å². The van der Waals surface area contributed by atoms with Gasteiger partial charge in [0.2, 0.25) is 5.91 Å². The topological polar surface area (TPSA) is 56.1 Å². The van der Waals surface area contributed by atoms with Crippen molar-refractivity contribution in [3.8, 4) is 6.07 Å². The summed E-state index contributed by atoms with van der Waals surface area (Å²) in [4.78, 5) is 13.4. The summed E-state index contributed by atoms with van der Waals surface area (Å²) < 4.78 is 0. The first-order chi connectivity index (χ1) is 8.58. The Hall–Kier alpha value is -2.02. The molecule has 0 unspecified atom stereocenters. The number of carbonyl (C=O) groups is 1. The van der Waals surface area contributed by atoms with Gasteiger partial charge in [0, 0.05) is 13.6 Å². The average Bonchev–Trinajstić information content (AvgIpc) is 2.36. The summed E-state index contributed by atoms with van der Waals surface area (Å²) in [5.74, 6) is -0.0234. The highest BCUT2D eigenvalue weighted by Crippen LogP contribution is 2.20. The minimum Gasteiger partial charge on any atom is -0.364 e. The highest BCUT2D eigenvalue weighted by Gasteiger charge is 2.11. The molecule has 1 rings (SSSR count). The Morgan fingerprint density at radius 2 is 2.22 bits per heavy atom. The van der Waals surface area contributed by atoms with E-state index in [2.05, 4.69) is 11.4 Å². The first kappa shape index (κ1) is 14.0. The van der Waals surface area contributed by atoms with Crippen molar-refractivity contribution in [2.24, 2.45) is 0 Å². The quantitative estimate of drug-likeness (QED) is 0.861. The van der Waals surface area contributed by atoms with Crippen molar-refractivity contribution in [1.29, 1.82) is 5.26 Å². The normalized spacial score (nSPS) is 9.67. The SMILES string of the molecule is CCCNC(=O)CN(C)c1cc(C)ccc1C#N. The van der Waals surface area contributed by atoms with Crippen LogP contribution in [0.4, 0.5) is 5.69 Å². The van der Waals surface area contributed by atoms with E-state index in [0.29, 0.717) is 12.1 Å². The van der Waals surface area contributed by atoms with Crippen LogP contribution in [0.3, 0.4) is 0 Å². The Kier molecular flexibility index (Phi) is 5.19. The van der Waals surface area contributed by atoms with E-state index in [4.69, 9.17) is 5.26 Å². The standard InChI is InChI=1S/C14H19N3O/c1-4-7-16-14(18)10-17(3)13-8-11(2)5-6-12(13)9-15/h5-6,8H,4,7,10H2,1-3H3,(H,16,18). The van der Waals surface area contributed by atoms with Crippen molar-refractivity contribution in [3.63, 3.8) is 0 Å². The number of nitrogens with zero attached hydrogens (tertiary/aromatic N) is 2. The summed E-state index contributed by atoms with van der Waals surface area (Å²) >= 11 is 0. The number of nitriles is 1. The molecule has 96 valence electrons. The Morgan fingerprint density at radius 1 is 1.50 bits per heavy atom. The molecule has 1 aromatic carbocycles. The number of hydrogen-bond acceptors (Lipinski definition) is 3. The van der Waals surface area contributed by atoms with Crippen molar-refractivity contribution in [2.45, 2.75) is 20.3 Å². The molecule has 4 nitrogen and oxygen atoms in total. The molecule has 1 aromatic rings. The van der Waals surface area contributed by atoms with E-state index in [9.17, 15) is 4.79 Å². The van der Waals surface area contributed by atoms with Gasteiger partial charge in [0.1, 0.15) is 6.07 Å². The third-order valence-electron chi connectivity index (χ3n) is 2.64. The molecule has 0 atom stereocenters. The first-order valence-corrected chi connectivity index (χ1v) is 6.07. The molecular formula is C14H19N3O. The van der Waals surface area contributed by atoms with Crippen molar-refractivity contribution >= 4 is 11.6 Å². The van der Waals surface area contributed by atoms with Gasteiger partial charge < -0.3 is 10.2 Å². The molecule has 0 bridgehead atoms. The van der Waals surface area contributed by atoms with Gasteiger partial charge in [-0.25, -0.2) is 0 Å². The fraction of sp³-hybridized carbons (Fsp3) is 0.429. The molecule has 1 N–H and O–H groups in total. The van der Waals surface area contributed by atoms with E-state index in [-0.39, 0.29) is 12.5 Å². The number of likely N-dealkylation sites (N-methyl/N-ethyl adjacent to an activating group) is 1. The molecular weight excluding hydrogens is 226 g/mol. The Bertz CT molecular complexity index is 463. The van der Waals surface area contributed by atoms with E-state index in [1.165, 1.54) is 0 Å². The molecule has 0 fully saturated rings. The number of hydrogen-bond donors (Lipinski definition) is 1. The minimum absolute atomic E-state index is 0.0234. The van der Waals surface area contributed by atoms with Gasteiger partial charge in [0.25, 0.3) is 0 Å². The largest absolute Gasteiger partial charge is 0.364 e. The van der Waals surface area contributed by atoms with Crippen LogP contribution in [0.2, 0.25) is 0 Å². The van der Waals surface area contributed by atoms with Crippen LogP contribution in [-0.2, 0) is 4.79 Å². The number of anilines is 1. The predicted octanol–water partition coefficient (Wildman–Crippen LogP) is 1.83. The van der Waals surface area contributed by atoms with E-state index >= 15 is 0 Å². The van der Waals surface area contributed by atoms with Crippen molar-refractivity contribution in [1.82, 2.24) is 5.32 Å². The van der Waals surface area contributed by atoms with Crippen molar-refractivity contribution < 1.29 is 4.79 Å². The maximum atomic E-state index is 11.6. The molecule has 0 aliphatic rings. The van der Waals surface area contributed by atoms with Gasteiger partial charge in [-0.15, -0.1) is 0 Å². The monoisotopic (exact) mass is 245 g/mol. The fourth-order valence-electron chi connectivity index (χ4n) is 1.67. The van der Waals surface area contributed by atoms with Gasteiger partial charge in [0.15, 0.2) is 0 Å². The summed E-state index contributed by atoms with van der Waals surface area (Å²) in [6, 6.07) is 7.75. The lowest BCUT2D eigenvalue weighted by molar-refractivity contribution is -0.119. The number of aryl methyl sites for hydroxylation is 1. The molecule has 0 heterocycles. The van der Waals surface area contributed by atoms with Crippen LogP contribution < -0.4 is 10.2 Å². The van der Waals surface area contributed by atoms with Crippen LogP contribution in [0.1, 0.15) is 24.5 Å². The van der Waals surface area contributed by atoms with Crippen molar-refractivity contribution in [2.75, 3.05) is 25.0 Å². The Labute approximate surface area is 108 Å². The molecule has 0 aliphatic heterocycles. The van der Waals surface area contributed by atoms with Gasteiger partial charge in [-0.05, 0) is 31.0 Å². The second-order valence-corrected chi connectivity index (χ2v) is 4.34. The third kappa shape index (κ3) is 3.77. The van der Waals surface area contributed by atoms with E-state index < -0.39 is 0 Å². The molecule has 0 aliphatic carbocycles. The van der Waals surface area contributed by atoms with Crippen molar-refractivity contribution in [3.05, 3.63) is 29.3 Å². The number of nitrogens with one attached hydrogen (secondary N) is 1. The molecule has 0 saturated heterocycles. The summed E-state index contributed by atoms with van der Waals surface area (Å²) in [7, 11) is 1.82. The molecule has 4 heteroatoms. The Morgan fingerprint density at radius 3 is 2.83 bits per heavy atom. The zero-order valence-corrected chi connectivity index (χ0v) is 11.2. The van der Waals surface area contributed by atoms with Crippen LogP contribution in [0, 0.1) is 18.3 Å². The molecule has 18 heavy (non-hydrogen) atoms. The summed E-state index contributed by atoms with van der Waals surface area (Å²) in [6.45, 7) is 4.93. The first-order valence-electron chi connectivity index (χ1n) is 6.07. The zero-order valence-electron chi connectivity index (χ0n) is 11.2. The van der Waals surface area contributed by atoms with Crippen LogP contribution in [0.25, 0.3) is 0 Å². The van der Waals surface area contributed by atoms with Gasteiger partial charge in [0.05, 0.1) is 17.8 Å². The fourth-order valence-corrected chi connectivity index (χ4v) is 1.67. The maximum absolute atomic E-state index is 11.6. The third-order valence-corrected chi connectivity index (χ3v) is 2.64. The summed E-state index contributed by atoms with van der Waals surface area (Å²) in [5, 5.41) is 11.9. The highest BCUT2D eigenvalue weighted by atomic mass is 16.2. The van der Waals surface area contributed by atoms with Gasteiger partial charge in [-0.2, -0.15) is 5.26 Å². The molecule has 0 saturated carbocycles.